The summed E-state index contributed by atoms with van der Waals surface area (Å²) in [4.78, 5) is 70.9. The molecule has 0 aromatic heterocycles. The van der Waals surface area contributed by atoms with Crippen LogP contribution in [0.2, 0.25) is 0 Å². The van der Waals surface area contributed by atoms with Crippen LogP contribution in [0.1, 0.15) is 231 Å². The maximum atomic E-state index is 12.3. The van der Waals surface area contributed by atoms with Gasteiger partial charge in [0.25, 0.3) is 29.5 Å². The molecular formula is C76H112N8O6. The van der Waals surface area contributed by atoms with Gasteiger partial charge in [-0.1, -0.05) is 130 Å². The molecule has 14 nitrogen and oxygen atoms in total. The second kappa shape index (κ2) is 37.6. The molecule has 5 aromatic rings. The Kier molecular flexibility index (Phi) is 30.9. The first kappa shape index (κ1) is 74.0. The van der Waals surface area contributed by atoms with Crippen LogP contribution in [-0.4, -0.2) is 172 Å². The van der Waals surface area contributed by atoms with Crippen LogP contribution in [0.3, 0.4) is 0 Å². The van der Waals surface area contributed by atoms with E-state index in [2.05, 4.69) is 152 Å². The van der Waals surface area contributed by atoms with Crippen molar-refractivity contribution in [2.45, 2.75) is 175 Å². The zero-order valence-corrected chi connectivity index (χ0v) is 57.7. The molecule has 5 aromatic carbocycles. The Bertz CT molecular complexity index is 2910. The fraction of sp³-hybridized carbons (Fsp3) is 0.539. The van der Waals surface area contributed by atoms with Crippen molar-refractivity contribution in [3.8, 4) is 0 Å². The minimum Gasteiger partial charge on any atom is -0.381 e. The van der Waals surface area contributed by atoms with Crippen molar-refractivity contribution in [3.63, 3.8) is 0 Å². The Hall–Kier alpha value is -6.71. The first-order chi connectivity index (χ1) is 42.8. The van der Waals surface area contributed by atoms with Gasteiger partial charge in [0, 0.05) is 119 Å². The second-order valence-corrected chi connectivity index (χ2v) is 27.0. The summed E-state index contributed by atoms with van der Waals surface area (Å²) in [5.41, 5.74) is 10.2. The van der Waals surface area contributed by atoms with Gasteiger partial charge < -0.3 is 45.2 Å². The standard InChI is InChI=1S/C18H28N2O.C16H24N2O.C15H22N2O.C15H21NO2.C12H17NO/c1-13(2)15-5-7-16(8-6-15)18(21)19-17-9-11-20(12-10-17)14(3)4;1-12(2)13-4-6-14(7-5-13)16(19)17-15-8-10-18(3)11-9-15;1-12(2)13-4-6-14(7-5-13)15(18)17-10-8-16(3)9-11-17;1-11(2)12-3-5-13(6-4-12)15(17)16-14-7-9-18-10-8-14;1-9(2)10-5-7-11(8-6-10)12(14)13(3)4/h5-8,13-14,17H,9-12H2,1-4H3,(H,19,21);4-7,12,15H,8-11H2,1-3H3,(H,17,19);4-7,12H,8-11H2,1-3H3;3-6,11,14H,7-10H2,1-2H3,(H,16,17);5-9H,1-4H3. The number of carbonyl (C=O) groups excluding carboxylic acids is 5. The quantitative estimate of drug-likeness (QED) is 0.0989. The van der Waals surface area contributed by atoms with Crippen LogP contribution in [0, 0.1) is 0 Å². The molecule has 0 atom stereocenters. The number of carbonyl (C=O) groups is 5. The number of benzene rings is 5. The van der Waals surface area contributed by atoms with Crippen molar-refractivity contribution in [2.75, 3.05) is 93.8 Å². The summed E-state index contributed by atoms with van der Waals surface area (Å²) >= 11 is 0. The van der Waals surface area contributed by atoms with Crippen LogP contribution in [0.4, 0.5) is 0 Å². The largest absolute Gasteiger partial charge is 0.381 e. The van der Waals surface area contributed by atoms with Gasteiger partial charge >= 0.3 is 0 Å². The molecule has 4 heterocycles. The first-order valence-corrected chi connectivity index (χ1v) is 33.4. The number of nitrogens with zero attached hydrogens (tertiary/aromatic N) is 5. The van der Waals surface area contributed by atoms with Crippen molar-refractivity contribution >= 4 is 29.5 Å². The maximum Gasteiger partial charge on any atom is 0.253 e. The van der Waals surface area contributed by atoms with Crippen molar-refractivity contribution in [1.82, 2.24) is 40.4 Å². The molecule has 492 valence electrons. The van der Waals surface area contributed by atoms with Crippen LogP contribution in [0.15, 0.2) is 121 Å². The van der Waals surface area contributed by atoms with E-state index in [4.69, 9.17) is 4.74 Å². The number of nitrogens with one attached hydrogen (secondary N) is 3. The van der Waals surface area contributed by atoms with E-state index >= 15 is 0 Å². The van der Waals surface area contributed by atoms with Gasteiger partial charge in [0.2, 0.25) is 0 Å². The average Bonchev–Trinajstić information content (AvgIpc) is 3.25. The molecule has 0 saturated carbocycles. The molecule has 14 heteroatoms. The highest BCUT2D eigenvalue weighted by Crippen LogP contribution is 2.21. The molecule has 5 amide bonds. The van der Waals surface area contributed by atoms with Crippen molar-refractivity contribution < 1.29 is 28.7 Å². The molecule has 0 radical (unpaired) electrons. The highest BCUT2D eigenvalue weighted by Gasteiger charge is 2.24. The van der Waals surface area contributed by atoms with Crippen LogP contribution in [0.5, 0.6) is 0 Å². The smallest absolute Gasteiger partial charge is 0.253 e. The molecule has 0 unspecified atom stereocenters. The average molecular weight is 1230 g/mol. The number of amides is 5. The molecule has 3 N–H and O–H groups in total. The first-order valence-electron chi connectivity index (χ1n) is 33.4. The Morgan fingerprint density at radius 2 is 0.656 bits per heavy atom. The third-order valence-corrected chi connectivity index (χ3v) is 17.6. The Morgan fingerprint density at radius 3 is 0.956 bits per heavy atom. The van der Waals surface area contributed by atoms with Crippen LogP contribution in [0.25, 0.3) is 0 Å². The molecule has 4 fully saturated rings. The van der Waals surface area contributed by atoms with Gasteiger partial charge in [-0.05, 0) is 198 Å². The van der Waals surface area contributed by atoms with Crippen molar-refractivity contribution in [2.24, 2.45) is 0 Å². The Balaban J connectivity index is 0.000000206. The number of hydrogen-bond acceptors (Lipinski definition) is 9. The predicted molar refractivity (Wildman–Crippen MR) is 371 cm³/mol. The van der Waals surface area contributed by atoms with Gasteiger partial charge in [-0.3, -0.25) is 24.0 Å². The van der Waals surface area contributed by atoms with E-state index in [1.165, 1.54) is 27.8 Å². The van der Waals surface area contributed by atoms with Gasteiger partial charge in [-0.2, -0.15) is 0 Å². The molecule has 4 saturated heterocycles. The second-order valence-electron chi connectivity index (χ2n) is 27.0. The number of ether oxygens (including phenoxy) is 1. The lowest BCUT2D eigenvalue weighted by Crippen LogP contribution is -2.47. The van der Waals surface area contributed by atoms with E-state index < -0.39 is 0 Å². The monoisotopic (exact) mass is 1230 g/mol. The van der Waals surface area contributed by atoms with Crippen LogP contribution < -0.4 is 16.0 Å². The maximum absolute atomic E-state index is 12.3. The van der Waals surface area contributed by atoms with Gasteiger partial charge in [0.1, 0.15) is 0 Å². The third kappa shape index (κ3) is 24.8. The summed E-state index contributed by atoms with van der Waals surface area (Å²) in [6.07, 6.45) is 6.02. The van der Waals surface area contributed by atoms with Crippen molar-refractivity contribution in [1.29, 1.82) is 0 Å². The fourth-order valence-electron chi connectivity index (χ4n) is 10.9. The topological polar surface area (TPSA) is 147 Å². The summed E-state index contributed by atoms with van der Waals surface area (Å²) in [5.74, 6) is 2.90. The molecule has 4 aliphatic heterocycles. The van der Waals surface area contributed by atoms with E-state index in [0.29, 0.717) is 47.7 Å². The lowest BCUT2D eigenvalue weighted by atomic mass is 10.0. The number of hydrogen-bond donors (Lipinski definition) is 3. The lowest BCUT2D eigenvalue weighted by Gasteiger charge is -2.34. The zero-order chi connectivity index (χ0) is 66.0. The van der Waals surface area contributed by atoms with E-state index in [-0.39, 0.29) is 35.6 Å². The molecule has 0 aliphatic carbocycles. The predicted octanol–water partition coefficient (Wildman–Crippen LogP) is 13.5. The number of likely N-dealkylation sites (N-methyl/N-ethyl adjacent to an activating group) is 1. The summed E-state index contributed by atoms with van der Waals surface area (Å²) < 4.78 is 5.28. The number of piperidine rings is 2. The van der Waals surface area contributed by atoms with Crippen molar-refractivity contribution in [3.05, 3.63) is 177 Å². The Labute approximate surface area is 542 Å². The normalized spacial score (nSPS) is 16.2. The molecule has 9 rings (SSSR count). The highest BCUT2D eigenvalue weighted by atomic mass is 16.5. The summed E-state index contributed by atoms with van der Waals surface area (Å²) in [5, 5.41) is 9.38. The number of rotatable bonds is 14. The zero-order valence-electron chi connectivity index (χ0n) is 57.7. The molecule has 90 heavy (non-hydrogen) atoms. The van der Waals surface area contributed by atoms with E-state index in [9.17, 15) is 24.0 Å². The third-order valence-electron chi connectivity index (χ3n) is 17.6. The minimum atomic E-state index is 0.0252. The van der Waals surface area contributed by atoms with Crippen LogP contribution >= 0.6 is 0 Å². The highest BCUT2D eigenvalue weighted by molar-refractivity contribution is 5.96. The van der Waals surface area contributed by atoms with Gasteiger partial charge in [-0.25, -0.2) is 0 Å². The van der Waals surface area contributed by atoms with Crippen LogP contribution in [-0.2, 0) is 4.74 Å². The molecule has 0 spiro atoms. The SMILES string of the molecule is CC(C)c1ccc(C(=O)N(C)C)cc1.CC(C)c1ccc(C(=O)N2CCN(C)CC2)cc1.CC(C)c1ccc(C(=O)NC2CCN(C(C)C)CC2)cc1.CC(C)c1ccc(C(=O)NC2CCN(C)CC2)cc1.CC(C)c1ccc(C(=O)NC2CCOCC2)cc1. The Morgan fingerprint density at radius 1 is 0.378 bits per heavy atom. The number of likely N-dealkylation sites (tertiary alicyclic amines) is 2. The molecule has 4 aliphatic rings. The van der Waals surface area contributed by atoms with E-state index in [0.717, 1.165) is 132 Å². The lowest BCUT2D eigenvalue weighted by molar-refractivity contribution is 0.0662. The van der Waals surface area contributed by atoms with E-state index in [1.54, 1.807) is 19.0 Å². The number of piperazine rings is 1. The van der Waals surface area contributed by atoms with Gasteiger partial charge in [-0.15, -0.1) is 0 Å². The van der Waals surface area contributed by atoms with Gasteiger partial charge in [0.05, 0.1) is 0 Å². The fourth-order valence-corrected chi connectivity index (χ4v) is 10.9. The molecular weight excluding hydrogens is 1120 g/mol. The van der Waals surface area contributed by atoms with Gasteiger partial charge in [0.15, 0.2) is 0 Å². The summed E-state index contributed by atoms with van der Waals surface area (Å²) in [6.45, 7) is 35.4. The van der Waals surface area contributed by atoms with E-state index in [1.807, 2.05) is 102 Å². The molecule has 0 bridgehead atoms. The summed E-state index contributed by atoms with van der Waals surface area (Å²) in [6, 6.07) is 41.2. The summed E-state index contributed by atoms with van der Waals surface area (Å²) in [7, 11) is 7.75. The minimum absolute atomic E-state index is 0.0252.